The molecule has 0 aliphatic heterocycles. The Morgan fingerprint density at radius 3 is 2.31 bits per heavy atom. The van der Waals surface area contributed by atoms with E-state index in [4.69, 9.17) is 11.5 Å². The lowest BCUT2D eigenvalue weighted by Gasteiger charge is -2.21. The molecule has 2 aromatic carbocycles. The van der Waals surface area contributed by atoms with E-state index in [-0.39, 0.29) is 12.5 Å². The second kappa shape index (κ2) is 8.66. The van der Waals surface area contributed by atoms with Crippen LogP contribution in [0, 0.1) is 0 Å². The van der Waals surface area contributed by atoms with Gasteiger partial charge in [0.15, 0.2) is 0 Å². The number of hydrogen-bond acceptors (Lipinski definition) is 5. The van der Waals surface area contributed by atoms with Crippen molar-refractivity contribution < 1.29 is 14.4 Å². The number of nitrogens with zero attached hydrogens (tertiary/aromatic N) is 2. The maximum atomic E-state index is 12.4. The molecule has 5 N–H and O–H groups in total. The molecule has 3 rings (SSSR count). The average Bonchev–Trinajstić information content (AvgIpc) is 2.74. The largest absolute Gasteiger partial charge is 0.397 e. The second-order valence-corrected chi connectivity index (χ2v) is 6.21. The fourth-order valence-electron chi connectivity index (χ4n) is 2.68. The number of nitrogen functional groups attached to an aromatic ring is 1. The number of rotatable bonds is 5. The van der Waals surface area contributed by atoms with Gasteiger partial charge in [-0.05, 0) is 42.0 Å². The van der Waals surface area contributed by atoms with E-state index in [9.17, 15) is 14.4 Å². The predicted molar refractivity (Wildman–Crippen MR) is 110 cm³/mol. The van der Waals surface area contributed by atoms with Crippen LogP contribution in [0.3, 0.4) is 0 Å². The monoisotopic (exact) mass is 389 g/mol. The quantitative estimate of drug-likeness (QED) is 0.453. The van der Waals surface area contributed by atoms with Gasteiger partial charge in [0.2, 0.25) is 0 Å². The fraction of sp³-hybridized carbons (Fsp3) is 0.0476. The lowest BCUT2D eigenvalue weighted by Crippen LogP contribution is -2.40. The van der Waals surface area contributed by atoms with Gasteiger partial charge in [0.05, 0.1) is 29.8 Å². The average molecular weight is 389 g/mol. The number of hydrogen-bond donors (Lipinski definition) is 3. The molecule has 146 valence electrons. The van der Waals surface area contributed by atoms with Crippen molar-refractivity contribution in [3.05, 3.63) is 84.2 Å². The van der Waals surface area contributed by atoms with Gasteiger partial charge >= 0.3 is 11.8 Å². The van der Waals surface area contributed by atoms with Crippen molar-refractivity contribution in [3.63, 3.8) is 0 Å². The van der Waals surface area contributed by atoms with Gasteiger partial charge in [-0.2, -0.15) is 0 Å². The van der Waals surface area contributed by atoms with E-state index in [1.807, 2.05) is 0 Å². The van der Waals surface area contributed by atoms with Crippen LogP contribution in [-0.4, -0.2) is 22.7 Å². The summed E-state index contributed by atoms with van der Waals surface area (Å²) >= 11 is 0. The number of aromatic nitrogens is 1. The number of carbonyl (C=O) groups is 3. The number of pyridine rings is 1. The maximum absolute atomic E-state index is 12.4. The molecule has 0 atom stereocenters. The van der Waals surface area contributed by atoms with Gasteiger partial charge in [-0.1, -0.05) is 24.3 Å². The van der Waals surface area contributed by atoms with Crippen molar-refractivity contribution in [3.8, 4) is 0 Å². The van der Waals surface area contributed by atoms with Crippen molar-refractivity contribution >= 4 is 34.8 Å². The fourth-order valence-corrected chi connectivity index (χ4v) is 2.68. The number of amides is 3. The van der Waals surface area contributed by atoms with Crippen molar-refractivity contribution in [1.29, 1.82) is 0 Å². The lowest BCUT2D eigenvalue weighted by molar-refractivity contribution is -0.135. The summed E-state index contributed by atoms with van der Waals surface area (Å²) in [6, 6.07) is 16.9. The van der Waals surface area contributed by atoms with Crippen LogP contribution in [0.2, 0.25) is 0 Å². The van der Waals surface area contributed by atoms with Gasteiger partial charge in [-0.3, -0.25) is 24.3 Å². The normalized spacial score (nSPS) is 10.2. The number of anilines is 3. The summed E-state index contributed by atoms with van der Waals surface area (Å²) in [5, 5.41) is 2.75. The molecule has 0 aliphatic carbocycles. The first-order valence-electron chi connectivity index (χ1n) is 8.72. The standard InChI is InChI=1S/C21H19N5O3/c22-17-5-1-2-6-18(17)25-20(28)15-9-7-14(8-10-15)13-26(21(29)19(23)27)16-4-3-11-24-12-16/h1-12H,13,22H2,(H2,23,27)(H,25,28). The lowest BCUT2D eigenvalue weighted by atomic mass is 10.1. The molecule has 29 heavy (non-hydrogen) atoms. The Hall–Kier alpha value is -4.20. The molecular weight excluding hydrogens is 370 g/mol. The van der Waals surface area contributed by atoms with E-state index in [1.54, 1.807) is 66.9 Å². The van der Waals surface area contributed by atoms with Crippen LogP contribution >= 0.6 is 0 Å². The Bertz CT molecular complexity index is 1040. The van der Waals surface area contributed by atoms with E-state index >= 15 is 0 Å². The highest BCUT2D eigenvalue weighted by molar-refractivity contribution is 6.39. The molecule has 3 amide bonds. The first-order chi connectivity index (χ1) is 14.0. The topological polar surface area (TPSA) is 131 Å². The molecule has 3 aromatic rings. The number of nitrogens with two attached hydrogens (primary N) is 2. The van der Waals surface area contributed by atoms with Crippen LogP contribution in [0.1, 0.15) is 15.9 Å². The summed E-state index contributed by atoms with van der Waals surface area (Å²) in [6.45, 7) is 0.0982. The predicted octanol–water partition coefficient (Wildman–Crippen LogP) is 1.93. The molecule has 0 bridgehead atoms. The van der Waals surface area contributed by atoms with Crippen LogP contribution in [-0.2, 0) is 16.1 Å². The molecule has 1 aromatic heterocycles. The Balaban J connectivity index is 1.76. The highest BCUT2D eigenvalue weighted by Gasteiger charge is 2.21. The van der Waals surface area contributed by atoms with Crippen LogP contribution in [0.25, 0.3) is 0 Å². The van der Waals surface area contributed by atoms with Crippen LogP contribution in [0.5, 0.6) is 0 Å². The first kappa shape index (κ1) is 19.6. The van der Waals surface area contributed by atoms with E-state index in [2.05, 4.69) is 10.3 Å². The molecule has 8 heteroatoms. The van der Waals surface area contributed by atoms with Crippen molar-refractivity contribution in [2.45, 2.75) is 6.54 Å². The summed E-state index contributed by atoms with van der Waals surface area (Å²) in [6.07, 6.45) is 3.02. The molecule has 0 saturated heterocycles. The van der Waals surface area contributed by atoms with Crippen molar-refractivity contribution in [2.75, 3.05) is 16.0 Å². The number of carbonyl (C=O) groups excluding carboxylic acids is 3. The molecule has 8 nitrogen and oxygen atoms in total. The zero-order valence-electron chi connectivity index (χ0n) is 15.4. The molecule has 1 heterocycles. The Morgan fingerprint density at radius 1 is 0.966 bits per heavy atom. The van der Waals surface area contributed by atoms with Gasteiger partial charge < -0.3 is 16.8 Å². The minimum absolute atomic E-state index is 0.0982. The molecule has 0 aliphatic rings. The zero-order valence-corrected chi connectivity index (χ0v) is 15.4. The van der Waals surface area contributed by atoms with Gasteiger partial charge in [0.25, 0.3) is 5.91 Å². The van der Waals surface area contributed by atoms with Crippen LogP contribution in [0.4, 0.5) is 17.1 Å². The molecule has 0 saturated carbocycles. The smallest absolute Gasteiger partial charge is 0.316 e. The summed E-state index contributed by atoms with van der Waals surface area (Å²) in [5.41, 5.74) is 13.6. The first-order valence-corrected chi connectivity index (χ1v) is 8.72. The second-order valence-electron chi connectivity index (χ2n) is 6.21. The van der Waals surface area contributed by atoms with E-state index in [0.717, 1.165) is 0 Å². The Labute approximate surface area is 167 Å². The highest BCUT2D eigenvalue weighted by atomic mass is 16.2. The highest BCUT2D eigenvalue weighted by Crippen LogP contribution is 2.19. The molecular formula is C21H19N5O3. The summed E-state index contributed by atoms with van der Waals surface area (Å²) in [4.78, 5) is 41.2. The van der Waals surface area contributed by atoms with E-state index in [1.165, 1.54) is 11.1 Å². The number of benzene rings is 2. The van der Waals surface area contributed by atoms with Crippen LogP contribution < -0.4 is 21.7 Å². The zero-order chi connectivity index (χ0) is 20.8. The van der Waals surface area contributed by atoms with Crippen LogP contribution in [0.15, 0.2) is 73.1 Å². The molecule has 0 radical (unpaired) electrons. The number of nitrogens with one attached hydrogen (secondary N) is 1. The SMILES string of the molecule is NC(=O)C(=O)N(Cc1ccc(C(=O)Nc2ccccc2N)cc1)c1cccnc1. The summed E-state index contributed by atoms with van der Waals surface area (Å²) < 4.78 is 0. The third-order valence-electron chi connectivity index (χ3n) is 4.18. The summed E-state index contributed by atoms with van der Waals surface area (Å²) in [7, 11) is 0. The molecule has 0 unspecified atom stereocenters. The van der Waals surface area contributed by atoms with E-state index < -0.39 is 11.8 Å². The van der Waals surface area contributed by atoms with Gasteiger partial charge in [0.1, 0.15) is 0 Å². The minimum Gasteiger partial charge on any atom is -0.397 e. The Morgan fingerprint density at radius 2 is 1.69 bits per heavy atom. The van der Waals surface area contributed by atoms with Gasteiger partial charge in [-0.25, -0.2) is 0 Å². The summed E-state index contributed by atoms with van der Waals surface area (Å²) in [5.74, 6) is -2.23. The third-order valence-corrected chi connectivity index (χ3v) is 4.18. The third kappa shape index (κ3) is 4.75. The number of primary amides is 1. The molecule has 0 fully saturated rings. The number of para-hydroxylation sites is 2. The minimum atomic E-state index is -1.06. The maximum Gasteiger partial charge on any atom is 0.316 e. The van der Waals surface area contributed by atoms with Gasteiger partial charge in [0, 0.05) is 11.8 Å². The molecule has 0 spiro atoms. The van der Waals surface area contributed by atoms with Crippen molar-refractivity contribution in [1.82, 2.24) is 4.98 Å². The Kier molecular flexibility index (Phi) is 5.84. The van der Waals surface area contributed by atoms with Crippen molar-refractivity contribution in [2.24, 2.45) is 5.73 Å². The van der Waals surface area contributed by atoms with Gasteiger partial charge in [-0.15, -0.1) is 0 Å². The van der Waals surface area contributed by atoms with E-state index in [0.29, 0.717) is 28.2 Å².